The highest BCUT2D eigenvalue weighted by Gasteiger charge is 2.47. The maximum Gasteiger partial charge on any atom is 0.321 e. The Kier molecular flexibility index (Phi) is 3.38. The van der Waals surface area contributed by atoms with E-state index in [2.05, 4.69) is 0 Å². The quantitative estimate of drug-likeness (QED) is 0.890. The fourth-order valence-corrected chi connectivity index (χ4v) is 3.78. The Morgan fingerprint density at radius 3 is 2.90 bits per heavy atom. The number of halogens is 1. The van der Waals surface area contributed by atoms with Gasteiger partial charge in [0.25, 0.3) is 0 Å². The van der Waals surface area contributed by atoms with Gasteiger partial charge in [0, 0.05) is 13.1 Å². The van der Waals surface area contributed by atoms with E-state index in [4.69, 9.17) is 0 Å². The molecule has 5 heteroatoms. The number of hydrogen-bond acceptors (Lipinski definition) is 3. The topological polar surface area (TPSA) is 60.8 Å². The van der Waals surface area contributed by atoms with Crippen LogP contribution in [0.1, 0.15) is 24.8 Å². The highest BCUT2D eigenvalue weighted by molar-refractivity contribution is 5.74. The molecule has 20 heavy (non-hydrogen) atoms. The highest BCUT2D eigenvalue weighted by Crippen LogP contribution is 2.42. The van der Waals surface area contributed by atoms with E-state index in [9.17, 15) is 19.4 Å². The standard InChI is InChI=1S/C15H18FNO3/c16-12-6-9(4-5-13(12)18)7-17-8-10-2-1-3-11(10)14(17)15(19)20/h4-6,10-11,14,18H,1-3,7-8H2,(H,19,20). The van der Waals surface area contributed by atoms with Crippen LogP contribution in [0.5, 0.6) is 5.75 Å². The van der Waals surface area contributed by atoms with Crippen LogP contribution in [0.3, 0.4) is 0 Å². The minimum Gasteiger partial charge on any atom is -0.505 e. The highest BCUT2D eigenvalue weighted by atomic mass is 19.1. The van der Waals surface area contributed by atoms with Gasteiger partial charge in [-0.25, -0.2) is 4.39 Å². The Morgan fingerprint density at radius 1 is 1.40 bits per heavy atom. The molecule has 3 atom stereocenters. The second-order valence-electron chi connectivity index (χ2n) is 5.85. The van der Waals surface area contributed by atoms with Gasteiger partial charge in [0.1, 0.15) is 6.04 Å². The molecule has 0 aromatic heterocycles. The van der Waals surface area contributed by atoms with Crippen LogP contribution in [-0.4, -0.2) is 33.7 Å². The summed E-state index contributed by atoms with van der Waals surface area (Å²) in [5.41, 5.74) is 0.700. The maximum absolute atomic E-state index is 13.4. The zero-order valence-electron chi connectivity index (χ0n) is 11.1. The summed E-state index contributed by atoms with van der Waals surface area (Å²) >= 11 is 0. The Bertz CT molecular complexity index is 534. The van der Waals surface area contributed by atoms with Gasteiger partial charge >= 0.3 is 5.97 Å². The van der Waals surface area contributed by atoms with Crippen LogP contribution in [0.2, 0.25) is 0 Å². The van der Waals surface area contributed by atoms with Crippen molar-refractivity contribution in [1.82, 2.24) is 4.90 Å². The van der Waals surface area contributed by atoms with Crippen molar-refractivity contribution >= 4 is 5.97 Å². The minimum absolute atomic E-state index is 0.231. The molecule has 0 amide bonds. The zero-order chi connectivity index (χ0) is 14.3. The number of rotatable bonds is 3. The Balaban J connectivity index is 1.79. The first-order chi connectivity index (χ1) is 9.56. The van der Waals surface area contributed by atoms with Crippen molar-refractivity contribution in [3.63, 3.8) is 0 Å². The van der Waals surface area contributed by atoms with Crippen molar-refractivity contribution in [3.8, 4) is 5.75 Å². The predicted octanol–water partition coefficient (Wildman–Crippen LogP) is 2.22. The number of fused-ring (bicyclic) bond motifs is 1. The van der Waals surface area contributed by atoms with Crippen LogP contribution < -0.4 is 0 Å². The number of phenolic OH excluding ortho intramolecular Hbond substituents is 1. The van der Waals surface area contributed by atoms with E-state index in [0.29, 0.717) is 18.0 Å². The van der Waals surface area contributed by atoms with Crippen LogP contribution in [0.15, 0.2) is 18.2 Å². The summed E-state index contributed by atoms with van der Waals surface area (Å²) in [5.74, 6) is -1.12. The number of aliphatic carboxylic acids is 1. The van der Waals surface area contributed by atoms with Crippen molar-refractivity contribution in [3.05, 3.63) is 29.6 Å². The van der Waals surface area contributed by atoms with E-state index >= 15 is 0 Å². The van der Waals surface area contributed by atoms with Gasteiger partial charge in [0.05, 0.1) is 0 Å². The van der Waals surface area contributed by atoms with Crippen molar-refractivity contribution in [2.75, 3.05) is 6.54 Å². The first-order valence-electron chi connectivity index (χ1n) is 7.00. The van der Waals surface area contributed by atoms with Crippen molar-refractivity contribution in [2.24, 2.45) is 11.8 Å². The van der Waals surface area contributed by atoms with E-state index in [1.807, 2.05) is 4.90 Å². The van der Waals surface area contributed by atoms with Gasteiger partial charge < -0.3 is 10.2 Å². The molecule has 3 rings (SSSR count). The smallest absolute Gasteiger partial charge is 0.321 e. The molecule has 1 saturated carbocycles. The largest absolute Gasteiger partial charge is 0.505 e. The van der Waals surface area contributed by atoms with Crippen molar-refractivity contribution < 1.29 is 19.4 Å². The number of benzene rings is 1. The van der Waals surface area contributed by atoms with Crippen LogP contribution in [0, 0.1) is 17.7 Å². The third-order valence-electron chi connectivity index (χ3n) is 4.64. The lowest BCUT2D eigenvalue weighted by Gasteiger charge is -2.24. The average molecular weight is 279 g/mol. The number of carbonyl (C=O) groups is 1. The lowest BCUT2D eigenvalue weighted by Crippen LogP contribution is -2.39. The van der Waals surface area contributed by atoms with Crippen LogP contribution in [-0.2, 0) is 11.3 Å². The molecule has 0 bridgehead atoms. The summed E-state index contributed by atoms with van der Waals surface area (Å²) in [6.45, 7) is 1.19. The molecule has 0 radical (unpaired) electrons. The summed E-state index contributed by atoms with van der Waals surface area (Å²) in [6.07, 6.45) is 3.18. The molecule has 1 aliphatic carbocycles. The second-order valence-corrected chi connectivity index (χ2v) is 5.85. The molecule has 1 aromatic rings. The third kappa shape index (κ3) is 2.26. The number of nitrogens with zero attached hydrogens (tertiary/aromatic N) is 1. The molecule has 4 nitrogen and oxygen atoms in total. The lowest BCUT2D eigenvalue weighted by atomic mass is 9.94. The normalized spacial score (nSPS) is 29.6. The maximum atomic E-state index is 13.4. The van der Waals surface area contributed by atoms with E-state index in [1.165, 1.54) is 12.1 Å². The Hall–Kier alpha value is -1.62. The first-order valence-corrected chi connectivity index (χ1v) is 7.00. The van der Waals surface area contributed by atoms with E-state index < -0.39 is 17.8 Å². The van der Waals surface area contributed by atoms with Crippen LogP contribution in [0.4, 0.5) is 4.39 Å². The van der Waals surface area contributed by atoms with Gasteiger partial charge in [-0.3, -0.25) is 9.69 Å². The molecule has 2 N–H and O–H groups in total. The molecular formula is C15H18FNO3. The summed E-state index contributed by atoms with van der Waals surface area (Å²) in [4.78, 5) is 13.4. The van der Waals surface area contributed by atoms with Crippen molar-refractivity contribution in [2.45, 2.75) is 31.8 Å². The van der Waals surface area contributed by atoms with Gasteiger partial charge in [-0.15, -0.1) is 0 Å². The van der Waals surface area contributed by atoms with E-state index in [0.717, 1.165) is 25.8 Å². The lowest BCUT2D eigenvalue weighted by molar-refractivity contribution is -0.143. The number of carboxylic acid groups (broad SMARTS) is 1. The van der Waals surface area contributed by atoms with Crippen molar-refractivity contribution in [1.29, 1.82) is 0 Å². The van der Waals surface area contributed by atoms with E-state index in [-0.39, 0.29) is 11.7 Å². The van der Waals surface area contributed by atoms with Crippen LogP contribution in [0.25, 0.3) is 0 Å². The summed E-state index contributed by atoms with van der Waals surface area (Å²) in [7, 11) is 0. The second kappa shape index (κ2) is 5.05. The third-order valence-corrected chi connectivity index (χ3v) is 4.64. The molecule has 2 aliphatic rings. The first kappa shape index (κ1) is 13.4. The molecule has 2 fully saturated rings. The van der Waals surface area contributed by atoms with Gasteiger partial charge in [0.15, 0.2) is 11.6 Å². The minimum atomic E-state index is -0.779. The average Bonchev–Trinajstić information content (AvgIpc) is 2.93. The zero-order valence-corrected chi connectivity index (χ0v) is 11.1. The number of carboxylic acids is 1. The number of likely N-dealkylation sites (tertiary alicyclic amines) is 1. The molecular weight excluding hydrogens is 261 g/mol. The molecule has 1 aromatic carbocycles. The van der Waals surface area contributed by atoms with Gasteiger partial charge in [-0.05, 0) is 42.4 Å². The monoisotopic (exact) mass is 279 g/mol. The molecule has 1 saturated heterocycles. The molecule has 108 valence electrons. The van der Waals surface area contributed by atoms with Gasteiger partial charge in [0.2, 0.25) is 0 Å². The molecule has 3 unspecified atom stereocenters. The number of hydrogen-bond donors (Lipinski definition) is 2. The van der Waals surface area contributed by atoms with Crippen LogP contribution >= 0.6 is 0 Å². The number of aromatic hydroxyl groups is 1. The SMILES string of the molecule is O=C(O)C1C2CCCC2CN1Cc1ccc(O)c(F)c1. The molecule has 0 spiro atoms. The predicted molar refractivity (Wildman–Crippen MR) is 70.7 cm³/mol. The van der Waals surface area contributed by atoms with Gasteiger partial charge in [-0.1, -0.05) is 12.5 Å². The summed E-state index contributed by atoms with van der Waals surface area (Å²) < 4.78 is 13.4. The number of phenols is 1. The Labute approximate surface area is 116 Å². The Morgan fingerprint density at radius 2 is 2.20 bits per heavy atom. The molecule has 1 heterocycles. The fraction of sp³-hybridized carbons (Fsp3) is 0.533. The van der Waals surface area contributed by atoms with E-state index in [1.54, 1.807) is 6.07 Å². The summed E-state index contributed by atoms with van der Waals surface area (Å²) in [5, 5.41) is 18.6. The van der Waals surface area contributed by atoms with Gasteiger partial charge in [-0.2, -0.15) is 0 Å². The molecule has 1 aliphatic heterocycles. The summed E-state index contributed by atoms with van der Waals surface area (Å²) in [6, 6.07) is 3.78. The fourth-order valence-electron chi connectivity index (χ4n) is 3.78.